The van der Waals surface area contributed by atoms with Gasteiger partial charge in [-0.05, 0) is 12.8 Å². The molecule has 5 heteroatoms. The number of carbonyl (C=O) groups is 2. The minimum atomic E-state index is -1.14. The average molecular weight is 172 g/mol. The minimum absolute atomic E-state index is 0.413. The Morgan fingerprint density at radius 3 is 2.33 bits per heavy atom. The van der Waals surface area contributed by atoms with E-state index in [1.165, 1.54) is 0 Å². The van der Waals surface area contributed by atoms with E-state index < -0.39 is 23.9 Å². The third-order valence-corrected chi connectivity index (χ3v) is 1.95. The largest absolute Gasteiger partial charge is 0.481 e. The van der Waals surface area contributed by atoms with Crippen LogP contribution in [0.25, 0.3) is 0 Å². The Morgan fingerprint density at radius 2 is 1.92 bits per heavy atom. The maximum absolute atomic E-state index is 10.5. The van der Waals surface area contributed by atoms with Gasteiger partial charge in [-0.15, -0.1) is 0 Å². The first kappa shape index (κ1) is 8.99. The molecule has 1 radical (unpaired) electrons. The highest BCUT2D eigenvalue weighted by Gasteiger charge is 2.36. The van der Waals surface area contributed by atoms with Gasteiger partial charge in [0.05, 0.1) is 5.92 Å². The topological polar surface area (TPSA) is 88.7 Å². The molecule has 1 aliphatic heterocycles. The molecule has 0 amide bonds. The van der Waals surface area contributed by atoms with Gasteiger partial charge in [-0.25, -0.2) is 5.32 Å². The average Bonchev–Trinajstić information content (AvgIpc) is 2.04. The molecule has 1 heterocycles. The van der Waals surface area contributed by atoms with Crippen LogP contribution in [0.1, 0.15) is 12.8 Å². The van der Waals surface area contributed by atoms with Crippen molar-refractivity contribution in [1.29, 1.82) is 0 Å². The summed E-state index contributed by atoms with van der Waals surface area (Å²) in [4.78, 5) is 21.1. The van der Waals surface area contributed by atoms with Crippen molar-refractivity contribution < 1.29 is 19.8 Å². The van der Waals surface area contributed by atoms with Gasteiger partial charge in [-0.1, -0.05) is 0 Å². The number of nitrogens with zero attached hydrogens (tertiary/aromatic N) is 1. The second kappa shape index (κ2) is 3.53. The van der Waals surface area contributed by atoms with E-state index in [4.69, 9.17) is 10.2 Å². The highest BCUT2D eigenvalue weighted by atomic mass is 16.4. The molecular weight excluding hydrogens is 162 g/mol. The number of rotatable bonds is 2. The lowest BCUT2D eigenvalue weighted by molar-refractivity contribution is -0.152. The van der Waals surface area contributed by atoms with Gasteiger partial charge in [0.15, 0.2) is 0 Å². The number of hydrogen-bond donors (Lipinski definition) is 2. The lowest BCUT2D eigenvalue weighted by atomic mass is 9.91. The Morgan fingerprint density at radius 1 is 1.25 bits per heavy atom. The Hall–Kier alpha value is -1.10. The summed E-state index contributed by atoms with van der Waals surface area (Å²) in [6, 6.07) is -1.05. The summed E-state index contributed by atoms with van der Waals surface area (Å²) < 4.78 is 0. The first-order valence-electron chi connectivity index (χ1n) is 3.75. The summed E-state index contributed by atoms with van der Waals surface area (Å²) in [5.41, 5.74) is 0. The lowest BCUT2D eigenvalue weighted by Gasteiger charge is -2.24. The van der Waals surface area contributed by atoms with Gasteiger partial charge in [0, 0.05) is 6.54 Å². The zero-order valence-electron chi connectivity index (χ0n) is 6.43. The van der Waals surface area contributed by atoms with Gasteiger partial charge >= 0.3 is 11.9 Å². The summed E-state index contributed by atoms with van der Waals surface area (Å²) in [5.74, 6) is -3.04. The highest BCUT2D eigenvalue weighted by molar-refractivity contribution is 5.82. The van der Waals surface area contributed by atoms with Crippen LogP contribution in [0.3, 0.4) is 0 Å². The molecule has 1 saturated heterocycles. The molecular formula is C7H10NO4. The summed E-state index contributed by atoms with van der Waals surface area (Å²) >= 11 is 0. The fourth-order valence-corrected chi connectivity index (χ4v) is 1.34. The summed E-state index contributed by atoms with van der Waals surface area (Å²) in [7, 11) is 0. The predicted molar refractivity (Wildman–Crippen MR) is 38.8 cm³/mol. The molecule has 0 saturated carbocycles. The second-order valence-corrected chi connectivity index (χ2v) is 2.78. The van der Waals surface area contributed by atoms with E-state index in [0.29, 0.717) is 19.4 Å². The molecule has 2 unspecified atom stereocenters. The Balaban J connectivity index is 2.67. The van der Waals surface area contributed by atoms with Gasteiger partial charge in [0.2, 0.25) is 0 Å². The smallest absolute Gasteiger partial charge is 0.323 e. The number of hydrogen-bond acceptors (Lipinski definition) is 2. The van der Waals surface area contributed by atoms with E-state index in [-0.39, 0.29) is 0 Å². The van der Waals surface area contributed by atoms with E-state index in [0.717, 1.165) is 0 Å². The van der Waals surface area contributed by atoms with Gasteiger partial charge in [-0.2, -0.15) is 0 Å². The standard InChI is InChI=1S/C7H10NO4/c9-6(10)4-2-1-3-8-5(4)7(11)12/h4-5H,1-3H2,(H,9,10)(H,11,12). The molecule has 5 nitrogen and oxygen atoms in total. The molecule has 67 valence electrons. The monoisotopic (exact) mass is 172 g/mol. The zero-order valence-corrected chi connectivity index (χ0v) is 6.43. The van der Waals surface area contributed by atoms with Crippen molar-refractivity contribution in [3.8, 4) is 0 Å². The summed E-state index contributed by atoms with van der Waals surface area (Å²) in [6.45, 7) is 0.459. The molecule has 2 N–H and O–H groups in total. The van der Waals surface area contributed by atoms with Crippen LogP contribution in [0.4, 0.5) is 0 Å². The van der Waals surface area contributed by atoms with Crippen LogP contribution in [0, 0.1) is 5.92 Å². The Labute approximate surface area is 69.4 Å². The molecule has 0 aromatic carbocycles. The molecule has 0 aliphatic carbocycles. The van der Waals surface area contributed by atoms with Crippen molar-refractivity contribution in [2.75, 3.05) is 6.54 Å². The van der Waals surface area contributed by atoms with Crippen molar-refractivity contribution in [1.82, 2.24) is 5.32 Å². The fourth-order valence-electron chi connectivity index (χ4n) is 1.34. The van der Waals surface area contributed by atoms with Gasteiger partial charge < -0.3 is 10.2 Å². The zero-order chi connectivity index (χ0) is 9.14. The van der Waals surface area contributed by atoms with Crippen molar-refractivity contribution in [2.45, 2.75) is 18.9 Å². The molecule has 0 bridgehead atoms. The van der Waals surface area contributed by atoms with E-state index in [9.17, 15) is 9.59 Å². The number of carboxylic acids is 2. The molecule has 1 aliphatic rings. The van der Waals surface area contributed by atoms with Crippen molar-refractivity contribution in [3.63, 3.8) is 0 Å². The molecule has 1 fully saturated rings. The molecule has 12 heavy (non-hydrogen) atoms. The molecule has 0 aromatic heterocycles. The maximum atomic E-state index is 10.5. The first-order valence-corrected chi connectivity index (χ1v) is 3.75. The highest BCUT2D eigenvalue weighted by Crippen LogP contribution is 2.17. The predicted octanol–water partition coefficient (Wildman–Crippen LogP) is -0.461. The van der Waals surface area contributed by atoms with Crippen LogP contribution in [0.2, 0.25) is 0 Å². The second-order valence-electron chi connectivity index (χ2n) is 2.78. The van der Waals surface area contributed by atoms with Gasteiger partial charge in [0.25, 0.3) is 0 Å². The Bertz CT molecular complexity index is 182. The van der Waals surface area contributed by atoms with Crippen LogP contribution < -0.4 is 5.32 Å². The van der Waals surface area contributed by atoms with Crippen LogP contribution in [-0.4, -0.2) is 34.7 Å². The normalized spacial score (nSPS) is 29.7. The Kier molecular flexibility index (Phi) is 2.65. The van der Waals surface area contributed by atoms with E-state index >= 15 is 0 Å². The maximum Gasteiger partial charge on any atom is 0.323 e. The summed E-state index contributed by atoms with van der Waals surface area (Å²) in [5, 5.41) is 21.0. The molecule has 1 rings (SSSR count). The van der Waals surface area contributed by atoms with Crippen LogP contribution in [-0.2, 0) is 9.59 Å². The molecule has 0 aromatic rings. The van der Waals surface area contributed by atoms with Crippen LogP contribution in [0.5, 0.6) is 0 Å². The lowest BCUT2D eigenvalue weighted by Crippen LogP contribution is -2.45. The first-order chi connectivity index (χ1) is 5.63. The molecule has 2 atom stereocenters. The van der Waals surface area contributed by atoms with Crippen molar-refractivity contribution >= 4 is 11.9 Å². The van der Waals surface area contributed by atoms with E-state index in [1.54, 1.807) is 0 Å². The van der Waals surface area contributed by atoms with E-state index in [2.05, 4.69) is 5.32 Å². The third-order valence-electron chi connectivity index (χ3n) is 1.95. The fraction of sp³-hybridized carbons (Fsp3) is 0.714. The van der Waals surface area contributed by atoms with Gasteiger partial charge in [-0.3, -0.25) is 9.59 Å². The van der Waals surface area contributed by atoms with Crippen LogP contribution in [0.15, 0.2) is 0 Å². The summed E-state index contributed by atoms with van der Waals surface area (Å²) in [6.07, 6.45) is 1.08. The number of carboxylic acid groups (broad SMARTS) is 2. The van der Waals surface area contributed by atoms with Gasteiger partial charge in [0.1, 0.15) is 6.04 Å². The van der Waals surface area contributed by atoms with Crippen LogP contribution >= 0.6 is 0 Å². The van der Waals surface area contributed by atoms with Crippen molar-refractivity contribution in [2.24, 2.45) is 5.92 Å². The van der Waals surface area contributed by atoms with E-state index in [1.807, 2.05) is 0 Å². The SMILES string of the molecule is O=C(O)C1CCC[N]C1C(=O)O. The molecule has 0 spiro atoms. The number of piperidine rings is 1. The minimum Gasteiger partial charge on any atom is -0.481 e. The quantitative estimate of drug-likeness (QED) is 0.589. The third kappa shape index (κ3) is 1.73. The number of aliphatic carboxylic acids is 2. The van der Waals surface area contributed by atoms with Crippen molar-refractivity contribution in [3.05, 3.63) is 0 Å².